The van der Waals surface area contributed by atoms with Crippen LogP contribution in [0.25, 0.3) is 0 Å². The normalized spacial score (nSPS) is 16.8. The molecule has 1 aliphatic heterocycles. The molecule has 13 nitrogen and oxygen atoms in total. The first kappa shape index (κ1) is 24.1. The zero-order valence-electron chi connectivity index (χ0n) is 17.0. The summed E-state index contributed by atoms with van der Waals surface area (Å²) in [7, 11) is 0. The molecule has 1 fully saturated rings. The van der Waals surface area contributed by atoms with Crippen molar-refractivity contribution in [1.29, 1.82) is 5.41 Å². The largest absolute Gasteiger partial charge is 0.481 e. The third kappa shape index (κ3) is 6.42. The van der Waals surface area contributed by atoms with E-state index in [-0.39, 0.29) is 13.1 Å². The molecule has 0 spiro atoms. The summed E-state index contributed by atoms with van der Waals surface area (Å²) < 4.78 is 0. The molecule has 1 saturated heterocycles. The summed E-state index contributed by atoms with van der Waals surface area (Å²) in [5.41, 5.74) is 5.84. The van der Waals surface area contributed by atoms with Gasteiger partial charge in [-0.3, -0.25) is 29.4 Å². The van der Waals surface area contributed by atoms with Gasteiger partial charge in [-0.1, -0.05) is 30.3 Å². The van der Waals surface area contributed by atoms with E-state index in [1.807, 2.05) is 0 Å². The number of nitrogens with zero attached hydrogens (tertiary/aromatic N) is 2. The minimum atomic E-state index is -1.38. The lowest BCUT2D eigenvalue weighted by atomic mass is 10.1. The maximum Gasteiger partial charge on any atom is 0.323 e. The zero-order chi connectivity index (χ0) is 23.8. The van der Waals surface area contributed by atoms with Gasteiger partial charge in [0.25, 0.3) is 0 Å². The second kappa shape index (κ2) is 10.7. The summed E-state index contributed by atoms with van der Waals surface area (Å²) in [6, 6.07) is 5.92. The summed E-state index contributed by atoms with van der Waals surface area (Å²) >= 11 is 0. The van der Waals surface area contributed by atoms with E-state index in [0.29, 0.717) is 5.56 Å². The van der Waals surface area contributed by atoms with E-state index in [1.54, 1.807) is 30.3 Å². The van der Waals surface area contributed by atoms with Crippen molar-refractivity contribution >= 4 is 35.6 Å². The van der Waals surface area contributed by atoms with Gasteiger partial charge in [-0.2, -0.15) is 0 Å². The van der Waals surface area contributed by atoms with Crippen LogP contribution in [0.3, 0.4) is 0 Å². The minimum absolute atomic E-state index is 0.0838. The van der Waals surface area contributed by atoms with Crippen molar-refractivity contribution < 1.29 is 34.2 Å². The molecule has 0 saturated carbocycles. The van der Waals surface area contributed by atoms with Crippen LogP contribution in [0.5, 0.6) is 0 Å². The monoisotopic (exact) mass is 448 g/mol. The van der Waals surface area contributed by atoms with E-state index in [9.17, 15) is 24.0 Å². The highest BCUT2D eigenvalue weighted by Crippen LogP contribution is 2.16. The number of hydrogen-bond donors (Lipinski definition) is 6. The number of guanidine groups is 1. The predicted molar refractivity (Wildman–Crippen MR) is 109 cm³/mol. The molecule has 32 heavy (non-hydrogen) atoms. The highest BCUT2D eigenvalue weighted by molar-refractivity contribution is 5.95. The predicted octanol–water partition coefficient (Wildman–Crippen LogP) is -2.07. The first-order valence-electron chi connectivity index (χ1n) is 9.55. The number of hydrogen-bond acceptors (Lipinski definition) is 6. The highest BCUT2D eigenvalue weighted by Gasteiger charge is 2.39. The van der Waals surface area contributed by atoms with E-state index in [1.165, 1.54) is 0 Å². The van der Waals surface area contributed by atoms with Gasteiger partial charge >= 0.3 is 11.9 Å². The molecule has 13 heteroatoms. The molecule has 0 radical (unpaired) electrons. The summed E-state index contributed by atoms with van der Waals surface area (Å²) in [4.78, 5) is 62.0. The van der Waals surface area contributed by atoms with Crippen LogP contribution in [-0.4, -0.2) is 87.9 Å². The second-order valence-electron chi connectivity index (χ2n) is 6.97. The number of aliphatic carboxylic acids is 2. The topological polar surface area (TPSA) is 206 Å². The maximum absolute atomic E-state index is 12.7. The number of carbonyl (C=O) groups is 5. The molecular weight excluding hydrogens is 424 g/mol. The number of rotatable bonds is 9. The Balaban J connectivity index is 2.09. The second-order valence-corrected chi connectivity index (χ2v) is 6.97. The Morgan fingerprint density at radius 3 is 2.34 bits per heavy atom. The van der Waals surface area contributed by atoms with Crippen LogP contribution in [0.4, 0.5) is 0 Å². The van der Waals surface area contributed by atoms with Crippen LogP contribution in [0.2, 0.25) is 0 Å². The molecule has 0 aromatic heterocycles. The molecule has 2 rings (SSSR count). The third-order valence-electron chi connectivity index (χ3n) is 4.71. The molecule has 1 aliphatic rings. The molecule has 1 aromatic rings. The van der Waals surface area contributed by atoms with Crippen molar-refractivity contribution in [1.82, 2.24) is 20.4 Å². The molecule has 7 N–H and O–H groups in total. The molecule has 1 unspecified atom stereocenters. The lowest BCUT2D eigenvalue weighted by Crippen LogP contribution is -2.61. The van der Waals surface area contributed by atoms with Crippen LogP contribution in [-0.2, 0) is 24.0 Å². The van der Waals surface area contributed by atoms with Gasteiger partial charge in [0, 0.05) is 13.1 Å². The van der Waals surface area contributed by atoms with E-state index in [4.69, 9.17) is 21.4 Å². The first-order valence-corrected chi connectivity index (χ1v) is 9.55. The van der Waals surface area contributed by atoms with Gasteiger partial charge in [-0.15, -0.1) is 0 Å². The third-order valence-corrected chi connectivity index (χ3v) is 4.71. The Hall–Kier alpha value is -4.16. The van der Waals surface area contributed by atoms with Crippen LogP contribution < -0.4 is 16.4 Å². The molecule has 0 bridgehead atoms. The van der Waals surface area contributed by atoms with Gasteiger partial charge in [-0.25, -0.2) is 0 Å². The lowest BCUT2D eigenvalue weighted by molar-refractivity contribution is -0.158. The van der Waals surface area contributed by atoms with Crippen LogP contribution in [0, 0.1) is 5.41 Å². The van der Waals surface area contributed by atoms with E-state index in [2.05, 4.69) is 10.6 Å². The fraction of sp³-hybridized carbons (Fsp3) is 0.368. The summed E-state index contributed by atoms with van der Waals surface area (Å²) in [6.45, 7) is -1.31. The van der Waals surface area contributed by atoms with E-state index in [0.717, 1.165) is 9.80 Å². The Bertz CT molecular complexity index is 907. The Labute approximate surface area is 182 Å². The summed E-state index contributed by atoms with van der Waals surface area (Å²) in [5, 5.41) is 30.3. The maximum atomic E-state index is 12.7. The van der Waals surface area contributed by atoms with Crippen molar-refractivity contribution in [2.45, 2.75) is 18.5 Å². The van der Waals surface area contributed by atoms with Crippen molar-refractivity contribution in [3.05, 3.63) is 35.9 Å². The van der Waals surface area contributed by atoms with Crippen molar-refractivity contribution in [3.63, 3.8) is 0 Å². The van der Waals surface area contributed by atoms with Crippen molar-refractivity contribution in [2.75, 3.05) is 26.2 Å². The number of benzene rings is 1. The number of carbonyl (C=O) groups excluding carboxylic acids is 3. The van der Waals surface area contributed by atoms with Crippen molar-refractivity contribution in [3.8, 4) is 0 Å². The molecule has 3 amide bonds. The summed E-state index contributed by atoms with van der Waals surface area (Å²) in [6.07, 6.45) is -0.701. The van der Waals surface area contributed by atoms with Crippen LogP contribution in [0.15, 0.2) is 30.3 Å². The Morgan fingerprint density at radius 1 is 1.12 bits per heavy atom. The zero-order valence-corrected chi connectivity index (χ0v) is 17.0. The standard InChI is InChI=1S/C19H24N6O7/c20-19(21)23-16(11-4-2-1-3-5-11)17(31)22-9-13(26)25-7-6-24(10-15(29)30)18(32)12(25)8-14(27)28/h1-5,12,16H,6-10H2,(H,22,31)(H,27,28)(H,29,30)(H4,20,21,23)/t12-,16?/m0/s1. The fourth-order valence-corrected chi connectivity index (χ4v) is 3.29. The number of nitrogens with one attached hydrogen (secondary N) is 3. The molecule has 1 heterocycles. The number of nitrogens with two attached hydrogens (primary N) is 1. The Kier molecular flexibility index (Phi) is 8.10. The molecule has 172 valence electrons. The van der Waals surface area contributed by atoms with Gasteiger partial charge in [0.2, 0.25) is 17.7 Å². The molecular formula is C19H24N6O7. The summed E-state index contributed by atoms with van der Waals surface area (Å²) in [5.74, 6) is -5.21. The quantitative estimate of drug-likeness (QED) is 0.181. The average molecular weight is 448 g/mol. The minimum Gasteiger partial charge on any atom is -0.481 e. The molecule has 2 atom stereocenters. The van der Waals surface area contributed by atoms with Crippen LogP contribution in [0.1, 0.15) is 18.0 Å². The van der Waals surface area contributed by atoms with Gasteiger partial charge in [0.15, 0.2) is 5.96 Å². The van der Waals surface area contributed by atoms with Crippen molar-refractivity contribution in [2.24, 2.45) is 5.73 Å². The number of carboxylic acid groups (broad SMARTS) is 2. The van der Waals surface area contributed by atoms with Gasteiger partial charge in [0.05, 0.1) is 13.0 Å². The number of piperazine rings is 1. The molecule has 0 aliphatic carbocycles. The lowest BCUT2D eigenvalue weighted by Gasteiger charge is -2.39. The smallest absolute Gasteiger partial charge is 0.323 e. The van der Waals surface area contributed by atoms with Gasteiger partial charge in [0.1, 0.15) is 18.6 Å². The number of amides is 3. The SMILES string of the molecule is N=C(N)NC(C(=O)NCC(=O)N1CCN(CC(=O)O)C(=O)[C@@H]1CC(=O)O)c1ccccc1. The highest BCUT2D eigenvalue weighted by atomic mass is 16.4. The fourth-order valence-electron chi connectivity index (χ4n) is 3.29. The molecule has 1 aromatic carbocycles. The van der Waals surface area contributed by atoms with Gasteiger partial charge in [-0.05, 0) is 5.56 Å². The average Bonchev–Trinajstić information content (AvgIpc) is 2.73. The van der Waals surface area contributed by atoms with E-state index >= 15 is 0 Å². The Morgan fingerprint density at radius 2 is 1.78 bits per heavy atom. The van der Waals surface area contributed by atoms with Crippen LogP contribution >= 0.6 is 0 Å². The van der Waals surface area contributed by atoms with Gasteiger partial charge < -0.3 is 36.4 Å². The first-order chi connectivity index (χ1) is 15.1. The number of carboxylic acids is 2. The van der Waals surface area contributed by atoms with E-state index < -0.39 is 67.2 Å².